The Labute approximate surface area is 312 Å². The van der Waals surface area contributed by atoms with Gasteiger partial charge in [0.1, 0.15) is 18.3 Å². The van der Waals surface area contributed by atoms with E-state index in [0.29, 0.717) is 12.4 Å². The number of unbranched alkanes of at least 4 members (excludes halogenated alkanes) is 16. The molecule has 0 spiro atoms. The molecule has 300 valence electrons. The summed E-state index contributed by atoms with van der Waals surface area (Å²) in [4.78, 5) is 21.5. The Morgan fingerprint density at radius 3 is 2.12 bits per heavy atom. The zero-order valence-electron chi connectivity index (χ0n) is 31.0. The zero-order chi connectivity index (χ0) is 37.8. The maximum atomic E-state index is 13.9. The number of aliphatic hydroxyl groups is 3. The molecule has 1 fully saturated rings. The number of nitrogens with two attached hydrogens (primary N) is 1. The van der Waals surface area contributed by atoms with E-state index in [4.69, 9.17) is 24.3 Å². The predicted octanol–water partition coefficient (Wildman–Crippen LogP) is 6.80. The average molecular weight is 780 g/mol. The molecule has 0 radical (unpaired) electrons. The van der Waals surface area contributed by atoms with Crippen LogP contribution in [0.15, 0.2) is 6.33 Å². The third kappa shape index (κ3) is 15.7. The average Bonchev–Trinajstić information content (AvgIpc) is 3.66. The lowest BCUT2D eigenvalue weighted by Gasteiger charge is -2.24. The van der Waals surface area contributed by atoms with E-state index >= 15 is 0 Å². The van der Waals surface area contributed by atoms with Gasteiger partial charge < -0.3 is 35.4 Å². The number of nitrogens with zero attached hydrogens (tertiary/aromatic N) is 4. The van der Waals surface area contributed by atoms with E-state index in [2.05, 4.69) is 28.8 Å². The highest BCUT2D eigenvalue weighted by atomic mass is 32.2. The van der Waals surface area contributed by atoms with Crippen LogP contribution in [0.4, 0.5) is 10.2 Å². The molecule has 52 heavy (non-hydrogen) atoms. The van der Waals surface area contributed by atoms with Crippen molar-refractivity contribution in [3.8, 4) is 0 Å². The third-order valence-electron chi connectivity index (χ3n) is 9.21. The quantitative estimate of drug-likeness (QED) is 0.0240. The lowest BCUT2D eigenvalue weighted by molar-refractivity contribution is -0.163. The first-order chi connectivity index (χ1) is 25.1. The van der Waals surface area contributed by atoms with Crippen molar-refractivity contribution in [3.05, 3.63) is 12.4 Å². The Morgan fingerprint density at radius 2 is 1.50 bits per heavy atom. The summed E-state index contributed by atoms with van der Waals surface area (Å²) >= 11 is 1.71. The van der Waals surface area contributed by atoms with Crippen molar-refractivity contribution in [2.24, 2.45) is 0 Å². The van der Waals surface area contributed by atoms with Crippen molar-refractivity contribution >= 4 is 36.6 Å². The van der Waals surface area contributed by atoms with Gasteiger partial charge in [0.15, 0.2) is 29.5 Å². The monoisotopic (exact) mass is 779 g/mol. The van der Waals surface area contributed by atoms with Crippen molar-refractivity contribution in [3.63, 3.8) is 0 Å². The number of aromatic nitrogens is 4. The Kier molecular flexibility index (Phi) is 21.5. The summed E-state index contributed by atoms with van der Waals surface area (Å²) in [5.41, 5.74) is 5.60. The number of hydrogen-bond donors (Lipinski definition) is 5. The number of fused-ring (bicyclic) bond motifs is 1. The summed E-state index contributed by atoms with van der Waals surface area (Å²) in [5, 5.41) is 32.0. The Bertz CT molecular complexity index is 1320. The SMILES string of the molecule is CCCCCCCCCCCCSCC(COP(=O)(O)OC(O)[C@H]1O[C@@H](n2cnc3c(N)nc(F)nc32)[C@@H](O)[C@@H]1O)OCCCCCCCCCC. The molecule has 0 aliphatic carbocycles. The van der Waals surface area contributed by atoms with Crippen LogP contribution in [0.25, 0.3) is 11.2 Å². The number of hydrogen-bond acceptors (Lipinski definition) is 13. The molecule has 14 nitrogen and oxygen atoms in total. The third-order valence-corrected chi connectivity index (χ3v) is 11.4. The minimum atomic E-state index is -4.88. The van der Waals surface area contributed by atoms with Gasteiger partial charge in [-0.05, 0) is 18.6 Å². The van der Waals surface area contributed by atoms with Crippen LogP contribution in [0.5, 0.6) is 0 Å². The highest BCUT2D eigenvalue weighted by molar-refractivity contribution is 7.99. The van der Waals surface area contributed by atoms with Crippen LogP contribution in [0.3, 0.4) is 0 Å². The van der Waals surface area contributed by atoms with Gasteiger partial charge in [-0.3, -0.25) is 13.6 Å². The largest absolute Gasteiger partial charge is 0.474 e. The summed E-state index contributed by atoms with van der Waals surface area (Å²) < 4.78 is 49.8. The van der Waals surface area contributed by atoms with Gasteiger partial charge in [0.25, 0.3) is 0 Å². The fourth-order valence-corrected chi connectivity index (χ4v) is 8.03. The molecule has 0 amide bonds. The molecule has 0 bridgehead atoms. The lowest BCUT2D eigenvalue weighted by Crippen LogP contribution is -2.39. The van der Waals surface area contributed by atoms with Crippen LogP contribution in [-0.2, 0) is 23.1 Å². The molecular formula is C35H63FN5O9PS. The van der Waals surface area contributed by atoms with E-state index in [-0.39, 0.29) is 23.6 Å². The Morgan fingerprint density at radius 1 is 0.923 bits per heavy atom. The van der Waals surface area contributed by atoms with Crippen LogP contribution in [0, 0.1) is 6.08 Å². The molecule has 6 N–H and O–H groups in total. The van der Waals surface area contributed by atoms with Crippen LogP contribution < -0.4 is 5.73 Å². The smallest absolute Gasteiger partial charge is 0.387 e. The van der Waals surface area contributed by atoms with Crippen LogP contribution >= 0.6 is 19.6 Å². The van der Waals surface area contributed by atoms with Crippen molar-refractivity contribution in [1.29, 1.82) is 0 Å². The number of ether oxygens (including phenoxy) is 2. The number of thioether (sulfide) groups is 1. The first-order valence-electron chi connectivity index (χ1n) is 19.3. The second kappa shape index (κ2) is 24.8. The highest BCUT2D eigenvalue weighted by Gasteiger charge is 2.49. The summed E-state index contributed by atoms with van der Waals surface area (Å²) in [7, 11) is -4.88. The first kappa shape index (κ1) is 44.9. The van der Waals surface area contributed by atoms with Gasteiger partial charge in [-0.15, -0.1) is 0 Å². The normalized spacial score (nSPS) is 21.5. The number of nitrogen functional groups attached to an aromatic ring is 1. The van der Waals surface area contributed by atoms with E-state index in [1.807, 2.05) is 0 Å². The molecule has 0 aromatic carbocycles. The number of phosphoric ester groups is 1. The number of aliphatic hydroxyl groups excluding tert-OH is 3. The van der Waals surface area contributed by atoms with Gasteiger partial charge in [0.05, 0.1) is 19.0 Å². The Balaban J connectivity index is 1.46. The maximum absolute atomic E-state index is 13.9. The standard InChI is InChI=1S/C35H63FN5O9PS/c1-3-5-7-9-11-13-14-16-18-20-22-52-24-26(47-21-19-17-15-12-10-8-6-4-2)23-48-51(45,46)50-34(44)30-28(42)29(43)33(49-30)41-25-38-27-31(37)39-35(36)40-32(27)41/h25-26,28-30,33-34,42-44H,3-24H2,1-2H3,(H,45,46)(H2,37,39,40)/t26?,28-,29-,30-,33+,34?/m0/s1. The molecular weight excluding hydrogens is 716 g/mol. The van der Waals surface area contributed by atoms with E-state index in [1.165, 1.54) is 89.9 Å². The molecule has 3 rings (SSSR count). The molecule has 3 unspecified atom stereocenters. The number of rotatable bonds is 30. The van der Waals surface area contributed by atoms with Gasteiger partial charge >= 0.3 is 13.9 Å². The number of imidazole rings is 1. The lowest BCUT2D eigenvalue weighted by atomic mass is 10.1. The minimum absolute atomic E-state index is 0.0287. The van der Waals surface area contributed by atoms with Crippen molar-refractivity contribution in [2.45, 2.75) is 166 Å². The van der Waals surface area contributed by atoms with Gasteiger partial charge in [-0.2, -0.15) is 26.1 Å². The second-order valence-electron chi connectivity index (χ2n) is 13.7. The summed E-state index contributed by atoms with van der Waals surface area (Å²) in [5.74, 6) is 1.26. The molecule has 1 aliphatic heterocycles. The first-order valence-corrected chi connectivity index (χ1v) is 21.9. The fourth-order valence-electron chi connectivity index (χ4n) is 6.19. The van der Waals surface area contributed by atoms with Gasteiger partial charge in [-0.1, -0.05) is 117 Å². The maximum Gasteiger partial charge on any atom is 0.474 e. The minimum Gasteiger partial charge on any atom is -0.387 e. The fraction of sp³-hybridized carbons (Fsp3) is 0.857. The van der Waals surface area contributed by atoms with Crippen molar-refractivity contribution < 1.29 is 47.7 Å². The van der Waals surface area contributed by atoms with Crippen LogP contribution in [-0.4, -0.2) is 95.2 Å². The van der Waals surface area contributed by atoms with Crippen LogP contribution in [0.1, 0.15) is 136 Å². The zero-order valence-corrected chi connectivity index (χ0v) is 32.7. The summed E-state index contributed by atoms with van der Waals surface area (Å²) in [6, 6.07) is 0. The van der Waals surface area contributed by atoms with Crippen molar-refractivity contribution in [1.82, 2.24) is 19.5 Å². The molecule has 0 saturated carbocycles. The van der Waals surface area contributed by atoms with Gasteiger partial charge in [-0.25, -0.2) is 9.55 Å². The summed E-state index contributed by atoms with van der Waals surface area (Å²) in [6.45, 7) is 4.67. The van der Waals surface area contributed by atoms with Gasteiger partial charge in [0.2, 0.25) is 0 Å². The molecule has 3 heterocycles. The predicted molar refractivity (Wildman–Crippen MR) is 200 cm³/mol. The molecule has 7 atom stereocenters. The van der Waals surface area contributed by atoms with Gasteiger partial charge in [0, 0.05) is 12.4 Å². The molecule has 1 aliphatic rings. The Hall–Kier alpha value is -1.46. The van der Waals surface area contributed by atoms with Crippen molar-refractivity contribution in [2.75, 3.05) is 30.5 Å². The topological polar surface area (TPSA) is 205 Å². The number of anilines is 1. The van der Waals surface area contributed by atoms with Crippen LogP contribution in [0.2, 0.25) is 0 Å². The van der Waals surface area contributed by atoms with E-state index in [9.17, 15) is 29.2 Å². The molecule has 2 aromatic heterocycles. The molecule has 17 heteroatoms. The van der Waals surface area contributed by atoms with E-state index in [0.717, 1.165) is 42.3 Å². The summed E-state index contributed by atoms with van der Waals surface area (Å²) in [6.07, 6.45) is 12.6. The van der Waals surface area contributed by atoms with E-state index in [1.54, 1.807) is 11.8 Å². The molecule has 1 saturated heterocycles. The highest BCUT2D eigenvalue weighted by Crippen LogP contribution is 2.46. The molecule has 2 aromatic rings. The number of phosphoric acid groups is 1. The van der Waals surface area contributed by atoms with E-state index < -0.39 is 50.8 Å². The second-order valence-corrected chi connectivity index (χ2v) is 16.2. The number of halogens is 1.